The number of carbonyl (C=O) groups is 1. The molecule has 10 heteroatoms. The van der Waals surface area contributed by atoms with Gasteiger partial charge < -0.3 is 16.0 Å². The maximum atomic E-state index is 12.5. The second-order valence-electron chi connectivity index (χ2n) is 6.41. The van der Waals surface area contributed by atoms with E-state index in [-0.39, 0.29) is 17.3 Å². The lowest BCUT2D eigenvalue weighted by atomic mass is 10.0. The van der Waals surface area contributed by atoms with Crippen molar-refractivity contribution in [2.45, 2.75) is 31.6 Å². The smallest absolute Gasteiger partial charge is 0.240 e. The molecule has 28 heavy (non-hydrogen) atoms. The van der Waals surface area contributed by atoms with Crippen LogP contribution in [0.4, 0.5) is 17.3 Å². The van der Waals surface area contributed by atoms with Crippen molar-refractivity contribution in [3.8, 4) is 0 Å². The number of nitrogens with zero attached hydrogens (tertiary/aromatic N) is 2. The number of amides is 1. The van der Waals surface area contributed by atoms with Gasteiger partial charge >= 0.3 is 0 Å². The van der Waals surface area contributed by atoms with Crippen molar-refractivity contribution in [3.05, 3.63) is 35.7 Å². The Morgan fingerprint density at radius 2 is 1.82 bits per heavy atom. The second-order valence-corrected chi connectivity index (χ2v) is 8.17. The van der Waals surface area contributed by atoms with E-state index in [1.807, 2.05) is 6.92 Å². The van der Waals surface area contributed by atoms with Crippen molar-refractivity contribution in [3.63, 3.8) is 0 Å². The summed E-state index contributed by atoms with van der Waals surface area (Å²) in [5, 5.41) is 8.97. The van der Waals surface area contributed by atoms with Crippen LogP contribution in [0.2, 0.25) is 0 Å². The average Bonchev–Trinajstić information content (AvgIpc) is 2.64. The number of carbonyl (C=O) groups excluding carboxylic acids is 1. The lowest BCUT2D eigenvalue weighted by Gasteiger charge is -2.17. The van der Waals surface area contributed by atoms with E-state index in [0.717, 1.165) is 17.9 Å². The lowest BCUT2D eigenvalue weighted by Crippen LogP contribution is -2.29. The van der Waals surface area contributed by atoms with Crippen molar-refractivity contribution in [1.29, 1.82) is 0 Å². The van der Waals surface area contributed by atoms with E-state index in [4.69, 9.17) is 0 Å². The van der Waals surface area contributed by atoms with Crippen molar-refractivity contribution < 1.29 is 13.2 Å². The molecule has 150 valence electrons. The van der Waals surface area contributed by atoms with Crippen molar-refractivity contribution in [2.24, 2.45) is 0 Å². The topological polar surface area (TPSA) is 125 Å². The molecule has 0 fully saturated rings. The summed E-state index contributed by atoms with van der Waals surface area (Å²) in [4.78, 5) is 20.2. The van der Waals surface area contributed by atoms with Crippen LogP contribution in [0, 0.1) is 6.92 Å². The van der Waals surface area contributed by atoms with Crippen molar-refractivity contribution in [2.75, 3.05) is 35.6 Å². The summed E-state index contributed by atoms with van der Waals surface area (Å²) in [6.07, 6.45) is 0.897. The number of fused-ring (bicyclic) bond motifs is 1. The average molecular weight is 404 g/mol. The Kier molecular flexibility index (Phi) is 6.10. The summed E-state index contributed by atoms with van der Waals surface area (Å²) in [5.74, 6) is 1.93. The first-order valence-corrected chi connectivity index (χ1v) is 10.6. The van der Waals surface area contributed by atoms with Gasteiger partial charge in [0.15, 0.2) is 0 Å². The molecule has 0 spiro atoms. The monoisotopic (exact) mass is 404 g/mol. The number of hydrogen-bond donors (Lipinski definition) is 4. The van der Waals surface area contributed by atoms with Crippen LogP contribution in [-0.4, -0.2) is 43.9 Å². The highest BCUT2D eigenvalue weighted by molar-refractivity contribution is 7.89. The molecular weight excluding hydrogens is 380 g/mol. The van der Waals surface area contributed by atoms with Crippen LogP contribution in [0.5, 0.6) is 0 Å². The Morgan fingerprint density at radius 1 is 1.07 bits per heavy atom. The molecule has 2 heterocycles. The molecular formula is C18H24N6O3S. The molecule has 1 aliphatic heterocycles. The van der Waals surface area contributed by atoms with Crippen LogP contribution in [0.25, 0.3) is 0 Å². The van der Waals surface area contributed by atoms with E-state index in [2.05, 4.69) is 30.6 Å². The minimum Gasteiger partial charge on any atom is -0.370 e. The number of hydrogen-bond acceptors (Lipinski definition) is 7. The predicted molar refractivity (Wildman–Crippen MR) is 108 cm³/mol. The molecule has 0 aliphatic carbocycles. The third kappa shape index (κ3) is 4.96. The second kappa shape index (κ2) is 8.53. The first-order chi connectivity index (χ1) is 13.4. The highest BCUT2D eigenvalue weighted by Crippen LogP contribution is 2.25. The maximum Gasteiger partial charge on any atom is 0.240 e. The summed E-state index contributed by atoms with van der Waals surface area (Å²) >= 11 is 0. The van der Waals surface area contributed by atoms with Crippen LogP contribution in [0.1, 0.15) is 24.7 Å². The fraction of sp³-hybridized carbons (Fsp3) is 0.389. The molecule has 1 aromatic carbocycles. The minimum absolute atomic E-state index is 0.0513. The van der Waals surface area contributed by atoms with E-state index in [1.165, 1.54) is 6.07 Å². The fourth-order valence-electron chi connectivity index (χ4n) is 2.92. The molecule has 3 rings (SSSR count). The van der Waals surface area contributed by atoms with E-state index in [1.54, 1.807) is 25.1 Å². The Labute approximate surface area is 164 Å². The molecule has 0 atom stereocenters. The minimum atomic E-state index is -3.63. The van der Waals surface area contributed by atoms with Gasteiger partial charge in [0.25, 0.3) is 0 Å². The van der Waals surface area contributed by atoms with Gasteiger partial charge in [-0.15, -0.1) is 0 Å². The number of anilines is 3. The number of rotatable bonds is 8. The Morgan fingerprint density at radius 3 is 2.57 bits per heavy atom. The Hall–Kier alpha value is -2.72. The van der Waals surface area contributed by atoms with Crippen LogP contribution in [-0.2, 0) is 21.2 Å². The molecule has 1 aliphatic rings. The normalized spacial score (nSPS) is 13.6. The van der Waals surface area contributed by atoms with E-state index in [9.17, 15) is 13.2 Å². The van der Waals surface area contributed by atoms with Gasteiger partial charge in [-0.25, -0.2) is 23.1 Å². The van der Waals surface area contributed by atoms with Crippen molar-refractivity contribution >= 4 is 33.3 Å². The molecule has 9 nitrogen and oxygen atoms in total. The summed E-state index contributed by atoms with van der Waals surface area (Å²) in [6.45, 7) is 5.11. The highest BCUT2D eigenvalue weighted by Gasteiger charge is 2.19. The Bertz CT molecular complexity index is 977. The molecule has 2 aromatic rings. The van der Waals surface area contributed by atoms with Gasteiger partial charge in [-0.05, 0) is 44.0 Å². The molecule has 1 aromatic heterocycles. The van der Waals surface area contributed by atoms with Gasteiger partial charge in [0, 0.05) is 37.8 Å². The molecule has 0 radical (unpaired) electrons. The maximum absolute atomic E-state index is 12.5. The van der Waals surface area contributed by atoms with E-state index in [0.29, 0.717) is 36.7 Å². The van der Waals surface area contributed by atoms with Gasteiger partial charge in [0.05, 0.1) is 4.90 Å². The zero-order chi connectivity index (χ0) is 20.1. The van der Waals surface area contributed by atoms with Gasteiger partial charge in [-0.3, -0.25) is 4.79 Å². The molecule has 0 bridgehead atoms. The quantitative estimate of drug-likeness (QED) is 0.491. The summed E-state index contributed by atoms with van der Waals surface area (Å²) < 4.78 is 27.6. The molecule has 1 amide bonds. The van der Waals surface area contributed by atoms with Crippen molar-refractivity contribution in [1.82, 2.24) is 14.7 Å². The molecule has 0 saturated carbocycles. The van der Waals surface area contributed by atoms with Gasteiger partial charge in [-0.1, -0.05) is 0 Å². The standard InChI is InChI=1S/C18H24N6O3S/c1-3-19-16-11-17(23-12(2)22-16)20-8-9-21-28(26,27)14-5-6-15-13(10-14)4-7-18(25)24-15/h5-6,10-11,21H,3-4,7-9H2,1-2H3,(H,24,25)(H2,19,20,22,23). The number of sulfonamides is 1. The first kappa shape index (κ1) is 20.0. The van der Waals surface area contributed by atoms with Gasteiger partial charge in [0.2, 0.25) is 15.9 Å². The zero-order valence-corrected chi connectivity index (χ0v) is 16.7. The highest BCUT2D eigenvalue weighted by atomic mass is 32.2. The molecule has 4 N–H and O–H groups in total. The number of aromatic nitrogens is 2. The summed E-state index contributed by atoms with van der Waals surface area (Å²) in [7, 11) is -3.63. The molecule has 0 unspecified atom stereocenters. The zero-order valence-electron chi connectivity index (χ0n) is 15.9. The third-order valence-corrected chi connectivity index (χ3v) is 5.66. The van der Waals surface area contributed by atoms with E-state index >= 15 is 0 Å². The molecule has 0 saturated heterocycles. The predicted octanol–water partition coefficient (Wildman–Crippen LogP) is 1.49. The fourth-order valence-corrected chi connectivity index (χ4v) is 4.00. The van der Waals surface area contributed by atoms with Crippen LogP contribution in [0.3, 0.4) is 0 Å². The van der Waals surface area contributed by atoms with E-state index < -0.39 is 10.0 Å². The lowest BCUT2D eigenvalue weighted by molar-refractivity contribution is -0.116. The van der Waals surface area contributed by atoms with Gasteiger partial charge in [0.1, 0.15) is 17.5 Å². The number of nitrogens with one attached hydrogen (secondary N) is 4. The van der Waals surface area contributed by atoms with Crippen LogP contribution in [0.15, 0.2) is 29.2 Å². The van der Waals surface area contributed by atoms with Crippen LogP contribution < -0.4 is 20.7 Å². The largest absolute Gasteiger partial charge is 0.370 e. The Balaban J connectivity index is 1.58. The summed E-state index contributed by atoms with van der Waals surface area (Å²) in [6, 6.07) is 6.52. The summed E-state index contributed by atoms with van der Waals surface area (Å²) in [5.41, 5.74) is 1.50. The number of aryl methyl sites for hydroxylation is 2. The number of benzene rings is 1. The first-order valence-electron chi connectivity index (χ1n) is 9.13. The third-order valence-electron chi connectivity index (χ3n) is 4.20. The van der Waals surface area contributed by atoms with Gasteiger partial charge in [-0.2, -0.15) is 0 Å². The SMILES string of the molecule is CCNc1cc(NCCNS(=O)(=O)c2ccc3c(c2)CCC(=O)N3)nc(C)n1. The van der Waals surface area contributed by atoms with Crippen LogP contribution >= 0.6 is 0 Å².